The van der Waals surface area contributed by atoms with Gasteiger partial charge in [0, 0.05) is 35.9 Å². The molecule has 148 valence electrons. The molecule has 0 amide bonds. The van der Waals surface area contributed by atoms with E-state index in [0.717, 1.165) is 22.5 Å². The van der Waals surface area contributed by atoms with Crippen LogP contribution in [-0.4, -0.2) is 36.0 Å². The zero-order valence-electron chi connectivity index (χ0n) is 15.8. The maximum Gasteiger partial charge on any atom is 0.243 e. The van der Waals surface area contributed by atoms with E-state index in [1.807, 2.05) is 38.1 Å². The van der Waals surface area contributed by atoms with Crippen molar-refractivity contribution in [3.05, 3.63) is 65.3 Å². The van der Waals surface area contributed by atoms with Crippen LogP contribution in [0.25, 0.3) is 11.3 Å². The van der Waals surface area contributed by atoms with Crippen LogP contribution in [0, 0.1) is 0 Å². The Balaban J connectivity index is 1.71. The highest BCUT2D eigenvalue weighted by atomic mass is 35.5. The topological polar surface area (TPSA) is 78.1 Å². The molecule has 0 atom stereocenters. The van der Waals surface area contributed by atoms with Crippen LogP contribution in [0.2, 0.25) is 5.02 Å². The van der Waals surface area contributed by atoms with Crippen molar-refractivity contribution in [3.63, 3.8) is 0 Å². The van der Waals surface area contributed by atoms with Gasteiger partial charge in [-0.05, 0) is 42.0 Å². The first-order valence-corrected chi connectivity index (χ1v) is 10.9. The van der Waals surface area contributed by atoms with Gasteiger partial charge >= 0.3 is 0 Å². The standard InChI is InChI=1S/C20H23ClN4O2S/c1-3-25(4-2)28(26,27)19-11-9-18(10-12-19)22-13-16-14-23-24-20(16)15-5-7-17(21)8-6-15/h5-12,14,22H,3-4,13H2,1-2H3,(H,23,24). The molecule has 28 heavy (non-hydrogen) atoms. The molecule has 0 saturated heterocycles. The number of aromatic nitrogens is 2. The van der Waals surface area contributed by atoms with E-state index >= 15 is 0 Å². The Kier molecular flexibility index (Phi) is 6.39. The minimum Gasteiger partial charge on any atom is -0.381 e. The highest BCUT2D eigenvalue weighted by Gasteiger charge is 2.21. The number of aromatic amines is 1. The molecular weight excluding hydrogens is 396 g/mol. The summed E-state index contributed by atoms with van der Waals surface area (Å²) in [4.78, 5) is 0.298. The predicted molar refractivity (Wildman–Crippen MR) is 113 cm³/mol. The van der Waals surface area contributed by atoms with Gasteiger partial charge in [0.15, 0.2) is 0 Å². The number of sulfonamides is 1. The number of nitrogens with one attached hydrogen (secondary N) is 2. The molecule has 0 saturated carbocycles. The SMILES string of the molecule is CCN(CC)S(=O)(=O)c1ccc(NCc2cn[nH]c2-c2ccc(Cl)cc2)cc1. The quantitative estimate of drug-likeness (QED) is 0.569. The molecule has 0 aliphatic rings. The van der Waals surface area contributed by atoms with Crippen molar-refractivity contribution in [2.24, 2.45) is 0 Å². The fourth-order valence-corrected chi connectivity index (χ4v) is 4.55. The van der Waals surface area contributed by atoms with Crippen LogP contribution in [0.15, 0.2) is 59.6 Å². The second kappa shape index (κ2) is 8.77. The van der Waals surface area contributed by atoms with E-state index in [1.54, 1.807) is 30.5 Å². The summed E-state index contributed by atoms with van der Waals surface area (Å²) in [5, 5.41) is 11.1. The summed E-state index contributed by atoms with van der Waals surface area (Å²) >= 11 is 5.95. The Morgan fingerprint density at radius 2 is 1.68 bits per heavy atom. The lowest BCUT2D eigenvalue weighted by molar-refractivity contribution is 0.445. The normalized spacial score (nSPS) is 11.7. The second-order valence-electron chi connectivity index (χ2n) is 6.24. The molecule has 0 fully saturated rings. The minimum atomic E-state index is -3.44. The largest absolute Gasteiger partial charge is 0.381 e. The Morgan fingerprint density at radius 3 is 2.29 bits per heavy atom. The molecule has 2 aromatic carbocycles. The van der Waals surface area contributed by atoms with Crippen LogP contribution >= 0.6 is 11.6 Å². The monoisotopic (exact) mass is 418 g/mol. The summed E-state index contributed by atoms with van der Waals surface area (Å²) in [5.74, 6) is 0. The van der Waals surface area contributed by atoms with Gasteiger partial charge in [-0.25, -0.2) is 8.42 Å². The third-order valence-electron chi connectivity index (χ3n) is 4.53. The number of anilines is 1. The molecule has 3 aromatic rings. The van der Waals surface area contributed by atoms with E-state index in [9.17, 15) is 8.42 Å². The average molecular weight is 419 g/mol. The van der Waals surface area contributed by atoms with Gasteiger partial charge in [-0.15, -0.1) is 0 Å². The van der Waals surface area contributed by atoms with Crippen LogP contribution in [0.1, 0.15) is 19.4 Å². The number of hydrogen-bond donors (Lipinski definition) is 2. The summed E-state index contributed by atoms with van der Waals surface area (Å²) in [5.41, 5.74) is 3.76. The first-order chi connectivity index (χ1) is 13.5. The van der Waals surface area contributed by atoms with Gasteiger partial charge in [0.2, 0.25) is 10.0 Å². The van der Waals surface area contributed by atoms with Gasteiger partial charge in [0.05, 0.1) is 16.8 Å². The molecule has 0 aliphatic heterocycles. The smallest absolute Gasteiger partial charge is 0.243 e. The van der Waals surface area contributed by atoms with E-state index in [1.165, 1.54) is 4.31 Å². The van der Waals surface area contributed by atoms with Crippen molar-refractivity contribution in [1.29, 1.82) is 0 Å². The lowest BCUT2D eigenvalue weighted by Gasteiger charge is -2.18. The Morgan fingerprint density at radius 1 is 1.04 bits per heavy atom. The number of halogens is 1. The molecule has 2 N–H and O–H groups in total. The van der Waals surface area contributed by atoms with Crippen molar-refractivity contribution >= 4 is 27.3 Å². The van der Waals surface area contributed by atoms with E-state index in [2.05, 4.69) is 15.5 Å². The molecular formula is C20H23ClN4O2S. The molecule has 0 radical (unpaired) electrons. The fraction of sp³-hybridized carbons (Fsp3) is 0.250. The molecule has 3 rings (SSSR count). The predicted octanol–water partition coefficient (Wildman–Crippen LogP) is 4.37. The molecule has 1 aromatic heterocycles. The molecule has 0 spiro atoms. The van der Waals surface area contributed by atoms with Crippen LogP contribution in [0.3, 0.4) is 0 Å². The zero-order valence-corrected chi connectivity index (χ0v) is 17.4. The summed E-state index contributed by atoms with van der Waals surface area (Å²) in [6, 6.07) is 14.4. The van der Waals surface area contributed by atoms with Gasteiger partial charge in [-0.1, -0.05) is 37.6 Å². The lowest BCUT2D eigenvalue weighted by atomic mass is 10.1. The van der Waals surface area contributed by atoms with Crippen molar-refractivity contribution < 1.29 is 8.42 Å². The maximum absolute atomic E-state index is 12.6. The van der Waals surface area contributed by atoms with Crippen LogP contribution in [0.5, 0.6) is 0 Å². The van der Waals surface area contributed by atoms with Gasteiger partial charge in [-0.3, -0.25) is 5.10 Å². The molecule has 0 aliphatic carbocycles. The second-order valence-corrected chi connectivity index (χ2v) is 8.62. The Bertz CT molecular complexity index is 1010. The van der Waals surface area contributed by atoms with Gasteiger partial charge < -0.3 is 5.32 Å². The van der Waals surface area contributed by atoms with E-state index < -0.39 is 10.0 Å². The third kappa shape index (κ3) is 4.38. The summed E-state index contributed by atoms with van der Waals surface area (Å²) < 4.78 is 26.6. The Labute approximate surface area is 170 Å². The summed E-state index contributed by atoms with van der Waals surface area (Å²) in [7, 11) is -3.44. The van der Waals surface area contributed by atoms with Gasteiger partial charge in [0.1, 0.15) is 0 Å². The van der Waals surface area contributed by atoms with Gasteiger partial charge in [-0.2, -0.15) is 9.40 Å². The van der Waals surface area contributed by atoms with Crippen molar-refractivity contribution in [1.82, 2.24) is 14.5 Å². The van der Waals surface area contributed by atoms with E-state index in [-0.39, 0.29) is 0 Å². The Hall–Kier alpha value is -2.35. The fourth-order valence-electron chi connectivity index (χ4n) is 2.97. The zero-order chi connectivity index (χ0) is 20.1. The summed E-state index contributed by atoms with van der Waals surface area (Å²) in [6.45, 7) is 5.12. The van der Waals surface area contributed by atoms with Crippen molar-refractivity contribution in [3.8, 4) is 11.3 Å². The van der Waals surface area contributed by atoms with Crippen LogP contribution < -0.4 is 5.32 Å². The molecule has 0 bridgehead atoms. The number of hydrogen-bond acceptors (Lipinski definition) is 4. The molecule has 0 unspecified atom stereocenters. The maximum atomic E-state index is 12.6. The number of benzene rings is 2. The lowest BCUT2D eigenvalue weighted by Crippen LogP contribution is -2.30. The minimum absolute atomic E-state index is 0.298. The summed E-state index contributed by atoms with van der Waals surface area (Å²) in [6.07, 6.45) is 1.77. The molecule has 8 heteroatoms. The first kappa shape index (κ1) is 20.4. The van der Waals surface area contributed by atoms with E-state index in [4.69, 9.17) is 11.6 Å². The first-order valence-electron chi connectivity index (χ1n) is 9.08. The van der Waals surface area contributed by atoms with Crippen LogP contribution in [0.4, 0.5) is 5.69 Å². The third-order valence-corrected chi connectivity index (χ3v) is 6.85. The number of nitrogens with zero attached hydrogens (tertiary/aromatic N) is 2. The highest BCUT2D eigenvalue weighted by Crippen LogP contribution is 2.24. The number of rotatable bonds is 8. The molecule has 1 heterocycles. The van der Waals surface area contributed by atoms with Crippen molar-refractivity contribution in [2.75, 3.05) is 18.4 Å². The van der Waals surface area contributed by atoms with Gasteiger partial charge in [0.25, 0.3) is 0 Å². The van der Waals surface area contributed by atoms with Crippen molar-refractivity contribution in [2.45, 2.75) is 25.3 Å². The number of H-pyrrole nitrogens is 1. The highest BCUT2D eigenvalue weighted by molar-refractivity contribution is 7.89. The van der Waals surface area contributed by atoms with E-state index in [0.29, 0.717) is 29.6 Å². The average Bonchev–Trinajstić information content (AvgIpc) is 3.16. The van der Waals surface area contributed by atoms with Crippen LogP contribution in [-0.2, 0) is 16.6 Å². The molecule has 6 nitrogen and oxygen atoms in total.